The Balaban J connectivity index is 1.68. The van der Waals surface area contributed by atoms with Crippen molar-refractivity contribution >= 4 is 39.5 Å². The van der Waals surface area contributed by atoms with E-state index in [2.05, 4.69) is 11.8 Å². The second kappa shape index (κ2) is 9.86. The minimum atomic E-state index is -5.61. The van der Waals surface area contributed by atoms with Crippen molar-refractivity contribution in [1.29, 1.82) is 0 Å². The molecule has 0 N–H and O–H groups in total. The predicted molar refractivity (Wildman–Crippen MR) is 152 cm³/mol. The van der Waals surface area contributed by atoms with Gasteiger partial charge < -0.3 is 4.90 Å². The topological polar surface area (TPSA) is 3.24 Å². The lowest BCUT2D eigenvalue weighted by atomic mass is 9.95. The number of allylic oxidation sites excluding steroid dienone is 2. The summed E-state index contributed by atoms with van der Waals surface area (Å²) in [5, 5.41) is 0. The predicted octanol–water partition coefficient (Wildman–Crippen LogP) is 9.39. The fourth-order valence-corrected chi connectivity index (χ4v) is 6.59. The van der Waals surface area contributed by atoms with Gasteiger partial charge in [0.15, 0.2) is 0 Å². The Morgan fingerprint density at radius 1 is 0.675 bits per heavy atom. The van der Waals surface area contributed by atoms with E-state index in [1.807, 2.05) is 37.2 Å². The molecule has 9 heteroatoms. The van der Waals surface area contributed by atoms with Gasteiger partial charge in [0.25, 0.3) is 0 Å². The maximum absolute atomic E-state index is 15.4. The molecule has 0 spiro atoms. The van der Waals surface area contributed by atoms with Gasteiger partial charge in [0.2, 0.25) is 0 Å². The molecular weight excluding hydrogens is 564 g/mol. The number of hydrogen-bond donors (Lipinski definition) is 0. The van der Waals surface area contributed by atoms with Crippen LogP contribution in [0.2, 0.25) is 0 Å². The third-order valence-corrected chi connectivity index (χ3v) is 8.88. The molecule has 0 saturated heterocycles. The van der Waals surface area contributed by atoms with E-state index in [1.54, 1.807) is 36.4 Å². The summed E-state index contributed by atoms with van der Waals surface area (Å²) in [6.07, 6.45) is 0. The largest absolute Gasteiger partial charge is 0.380 e. The summed E-state index contributed by atoms with van der Waals surface area (Å²) in [6.45, 7) is 2.92. The van der Waals surface area contributed by atoms with Crippen LogP contribution in [0.1, 0.15) is 31.3 Å². The molecule has 2 aromatic heterocycles. The Morgan fingerprint density at radius 2 is 1.23 bits per heavy atom. The van der Waals surface area contributed by atoms with Gasteiger partial charge in [-0.3, -0.25) is 0 Å². The third-order valence-electron chi connectivity index (χ3n) is 6.81. The summed E-state index contributed by atoms with van der Waals surface area (Å²) < 4.78 is 91.5. The van der Waals surface area contributed by atoms with Gasteiger partial charge in [0.05, 0.1) is 4.88 Å². The van der Waals surface area contributed by atoms with Crippen LogP contribution >= 0.6 is 22.7 Å². The zero-order valence-electron chi connectivity index (χ0n) is 21.9. The molecule has 4 aromatic rings. The van der Waals surface area contributed by atoms with Crippen LogP contribution in [0, 0.1) is 25.7 Å². The highest BCUT2D eigenvalue weighted by molar-refractivity contribution is 7.15. The normalized spacial score (nSPS) is 17.1. The van der Waals surface area contributed by atoms with E-state index in [0.29, 0.717) is 20.9 Å². The van der Waals surface area contributed by atoms with Crippen molar-refractivity contribution in [2.24, 2.45) is 0 Å². The number of aryl methyl sites for hydroxylation is 2. The first-order valence-electron chi connectivity index (χ1n) is 12.2. The standard InChI is InChI=1S/C31H23F6NS2/c1-18-24(16-23(39-18)15-10-20-8-6-5-7-9-20)27-28(30(34,35)31(36,37)29(27,32)33)25-17-26(40-19(25)2)21-11-13-22(14-12-21)38(3)4/h5-9,11-14,16-17H,1-4H3. The smallest absolute Gasteiger partial charge is 0.378 e. The maximum Gasteiger partial charge on any atom is 0.380 e. The molecule has 0 fully saturated rings. The van der Waals surface area contributed by atoms with Crippen LogP contribution in [0.5, 0.6) is 0 Å². The summed E-state index contributed by atoms with van der Waals surface area (Å²) in [7, 11) is 3.73. The Labute approximate surface area is 236 Å². The summed E-state index contributed by atoms with van der Waals surface area (Å²) in [5.41, 5.74) is -1.10. The first kappa shape index (κ1) is 28.1. The lowest BCUT2D eigenvalue weighted by molar-refractivity contribution is -0.254. The van der Waals surface area contributed by atoms with Gasteiger partial charge in [-0.25, -0.2) is 0 Å². The van der Waals surface area contributed by atoms with Crippen LogP contribution in [0.25, 0.3) is 21.6 Å². The Kier molecular flexibility index (Phi) is 6.92. The second-order valence-corrected chi connectivity index (χ2v) is 12.2. The van der Waals surface area contributed by atoms with Crippen molar-refractivity contribution in [2.45, 2.75) is 31.6 Å². The first-order chi connectivity index (χ1) is 18.8. The highest BCUT2D eigenvalue weighted by Gasteiger charge is 2.80. The van der Waals surface area contributed by atoms with E-state index in [9.17, 15) is 8.78 Å². The van der Waals surface area contributed by atoms with E-state index in [1.165, 1.54) is 26.0 Å². The SMILES string of the molecule is Cc1sc(C#Cc2ccccc2)cc1C1=C(c2cc(-c3ccc(N(C)C)cc3)sc2C)C(F)(F)C(F)(F)C1(F)F. The molecule has 5 rings (SSSR count). The molecule has 0 unspecified atom stereocenters. The maximum atomic E-state index is 15.4. The van der Waals surface area contributed by atoms with Crippen molar-refractivity contribution in [3.63, 3.8) is 0 Å². The van der Waals surface area contributed by atoms with E-state index in [0.717, 1.165) is 28.4 Å². The molecule has 0 amide bonds. The zero-order chi connectivity index (χ0) is 29.0. The van der Waals surface area contributed by atoms with Gasteiger partial charge in [-0.1, -0.05) is 42.2 Å². The molecule has 0 saturated carbocycles. The molecular formula is C31H23F6NS2. The van der Waals surface area contributed by atoms with Gasteiger partial charge >= 0.3 is 17.8 Å². The number of nitrogens with zero attached hydrogens (tertiary/aromatic N) is 1. The lowest BCUT2D eigenvalue weighted by Gasteiger charge is -2.25. The monoisotopic (exact) mass is 587 g/mol. The number of benzene rings is 2. The van der Waals surface area contributed by atoms with Crippen molar-refractivity contribution in [3.05, 3.63) is 98.1 Å². The average molecular weight is 588 g/mol. The lowest BCUT2D eigenvalue weighted by Crippen LogP contribution is -2.48. The molecule has 1 aliphatic rings. The molecule has 0 atom stereocenters. The van der Waals surface area contributed by atoms with Gasteiger partial charge in [-0.2, -0.15) is 26.3 Å². The fraction of sp³-hybridized carbons (Fsp3) is 0.226. The van der Waals surface area contributed by atoms with Gasteiger partial charge in [-0.05, 0) is 66.9 Å². The Bertz CT molecular complexity index is 1670. The van der Waals surface area contributed by atoms with Crippen molar-refractivity contribution in [2.75, 3.05) is 19.0 Å². The number of rotatable bonds is 4. The molecule has 1 aliphatic carbocycles. The van der Waals surface area contributed by atoms with Crippen LogP contribution < -0.4 is 4.90 Å². The van der Waals surface area contributed by atoms with Crippen molar-refractivity contribution in [3.8, 4) is 22.3 Å². The van der Waals surface area contributed by atoms with Crippen LogP contribution in [-0.4, -0.2) is 31.9 Å². The van der Waals surface area contributed by atoms with Gasteiger partial charge in [0.1, 0.15) is 0 Å². The number of thiophene rings is 2. The molecule has 0 radical (unpaired) electrons. The summed E-state index contributed by atoms with van der Waals surface area (Å²) >= 11 is 2.09. The molecule has 40 heavy (non-hydrogen) atoms. The van der Waals surface area contributed by atoms with E-state index >= 15 is 17.6 Å². The number of anilines is 1. The summed E-state index contributed by atoms with van der Waals surface area (Å²) in [5.74, 6) is -10.1. The van der Waals surface area contributed by atoms with Crippen LogP contribution in [0.15, 0.2) is 66.7 Å². The Hall–Kier alpha value is -3.48. The summed E-state index contributed by atoms with van der Waals surface area (Å²) in [4.78, 5) is 3.14. The quantitative estimate of drug-likeness (QED) is 0.170. The van der Waals surface area contributed by atoms with Crippen molar-refractivity contribution < 1.29 is 26.3 Å². The van der Waals surface area contributed by atoms with E-state index < -0.39 is 28.9 Å². The van der Waals surface area contributed by atoms with E-state index in [4.69, 9.17) is 0 Å². The molecule has 1 nitrogen and oxygen atoms in total. The third kappa shape index (κ3) is 4.43. The second-order valence-electron chi connectivity index (χ2n) is 9.69. The summed E-state index contributed by atoms with van der Waals surface area (Å²) in [6, 6.07) is 18.6. The average Bonchev–Trinajstić information content (AvgIpc) is 3.50. The molecule has 206 valence electrons. The van der Waals surface area contributed by atoms with E-state index in [-0.39, 0.29) is 20.9 Å². The highest BCUT2D eigenvalue weighted by atomic mass is 32.1. The van der Waals surface area contributed by atoms with Crippen LogP contribution in [-0.2, 0) is 0 Å². The fourth-order valence-electron chi connectivity index (χ4n) is 4.68. The van der Waals surface area contributed by atoms with Gasteiger partial charge in [0, 0.05) is 51.1 Å². The van der Waals surface area contributed by atoms with Crippen LogP contribution in [0.3, 0.4) is 0 Å². The van der Waals surface area contributed by atoms with Crippen molar-refractivity contribution in [1.82, 2.24) is 0 Å². The number of hydrogen-bond acceptors (Lipinski definition) is 3. The minimum absolute atomic E-state index is 0.199. The number of halogens is 6. The Morgan fingerprint density at radius 3 is 1.80 bits per heavy atom. The van der Waals surface area contributed by atoms with Gasteiger partial charge in [-0.15, -0.1) is 22.7 Å². The molecule has 0 aliphatic heterocycles. The molecule has 2 aromatic carbocycles. The zero-order valence-corrected chi connectivity index (χ0v) is 23.5. The first-order valence-corrected chi connectivity index (χ1v) is 13.8. The number of alkyl halides is 6. The minimum Gasteiger partial charge on any atom is -0.378 e. The highest BCUT2D eigenvalue weighted by Crippen LogP contribution is 2.66. The molecule has 0 bridgehead atoms. The van der Waals surface area contributed by atoms with Crippen LogP contribution in [0.4, 0.5) is 32.0 Å². The molecule has 2 heterocycles.